The van der Waals surface area contributed by atoms with Crippen molar-refractivity contribution in [2.24, 2.45) is 11.7 Å². The van der Waals surface area contributed by atoms with Crippen molar-refractivity contribution in [3.05, 3.63) is 0 Å². The molecule has 0 aromatic carbocycles. The normalized spacial score (nSPS) is 23.9. The van der Waals surface area contributed by atoms with Crippen molar-refractivity contribution in [1.82, 2.24) is 5.32 Å². The molecule has 19 heavy (non-hydrogen) atoms. The molecule has 1 aliphatic carbocycles. The summed E-state index contributed by atoms with van der Waals surface area (Å²) >= 11 is 0. The number of unbranched alkanes of at least 4 members (excludes halogenated alkanes) is 1. The Morgan fingerprint density at radius 2 is 1.95 bits per heavy atom. The Morgan fingerprint density at radius 1 is 1.21 bits per heavy atom. The summed E-state index contributed by atoms with van der Waals surface area (Å²) < 4.78 is 5.47. The molecule has 112 valence electrons. The Balaban J connectivity index is 2.09. The number of hydrogen-bond acceptors (Lipinski definition) is 3. The highest BCUT2D eigenvalue weighted by atomic mass is 16.5. The second kappa shape index (κ2) is 10.2. The average Bonchev–Trinajstić information content (AvgIpc) is 2.62. The molecule has 0 spiro atoms. The minimum atomic E-state index is 0.0171. The second-order valence-corrected chi connectivity index (χ2v) is 5.52. The molecule has 1 aliphatic rings. The van der Waals surface area contributed by atoms with Crippen LogP contribution >= 0.6 is 0 Å². The van der Waals surface area contributed by atoms with Crippen LogP contribution in [0.15, 0.2) is 0 Å². The highest BCUT2D eigenvalue weighted by Gasteiger charge is 2.26. The zero-order valence-corrected chi connectivity index (χ0v) is 12.3. The molecule has 1 saturated carbocycles. The maximum Gasteiger partial charge on any atom is 0.224 e. The Kier molecular flexibility index (Phi) is 8.84. The summed E-state index contributed by atoms with van der Waals surface area (Å²) in [6, 6.07) is 0.0447. The van der Waals surface area contributed by atoms with Crippen LogP contribution in [0.1, 0.15) is 58.3 Å². The highest BCUT2D eigenvalue weighted by molar-refractivity contribution is 5.79. The first-order valence-electron chi connectivity index (χ1n) is 7.86. The van der Waals surface area contributed by atoms with E-state index in [9.17, 15) is 4.79 Å². The monoisotopic (exact) mass is 270 g/mol. The first-order valence-corrected chi connectivity index (χ1v) is 7.86. The molecule has 3 N–H and O–H groups in total. The van der Waals surface area contributed by atoms with Crippen molar-refractivity contribution >= 4 is 5.91 Å². The zero-order chi connectivity index (χ0) is 13.9. The van der Waals surface area contributed by atoms with E-state index in [1.807, 2.05) is 0 Å². The van der Waals surface area contributed by atoms with E-state index in [0.717, 1.165) is 58.2 Å². The number of ether oxygens (including phenoxy) is 1. The summed E-state index contributed by atoms with van der Waals surface area (Å²) in [5, 5.41) is 3.00. The molecule has 1 fully saturated rings. The molecule has 4 heteroatoms. The lowest BCUT2D eigenvalue weighted by molar-refractivity contribution is -0.125. The van der Waals surface area contributed by atoms with Crippen molar-refractivity contribution in [3.63, 3.8) is 0 Å². The maximum atomic E-state index is 12.1. The zero-order valence-electron chi connectivity index (χ0n) is 12.3. The van der Waals surface area contributed by atoms with E-state index in [0.29, 0.717) is 6.54 Å². The summed E-state index contributed by atoms with van der Waals surface area (Å²) in [4.78, 5) is 12.1. The Bertz CT molecular complexity index is 246. The largest absolute Gasteiger partial charge is 0.381 e. The van der Waals surface area contributed by atoms with E-state index >= 15 is 0 Å². The predicted octanol–water partition coefficient (Wildman–Crippen LogP) is 2.22. The quantitative estimate of drug-likeness (QED) is 0.525. The molecule has 0 heterocycles. The van der Waals surface area contributed by atoms with E-state index in [1.165, 1.54) is 6.42 Å². The minimum absolute atomic E-state index is 0.0171. The number of hydrogen-bond donors (Lipinski definition) is 2. The molecule has 2 unspecified atom stereocenters. The first-order chi connectivity index (χ1) is 9.25. The van der Waals surface area contributed by atoms with Crippen LogP contribution in [-0.4, -0.2) is 31.7 Å². The van der Waals surface area contributed by atoms with Gasteiger partial charge in [0.25, 0.3) is 0 Å². The molecule has 0 bridgehead atoms. The number of nitrogens with two attached hydrogens (primary N) is 1. The van der Waals surface area contributed by atoms with Gasteiger partial charge in [-0.25, -0.2) is 0 Å². The number of rotatable bonds is 8. The van der Waals surface area contributed by atoms with Gasteiger partial charge in [-0.1, -0.05) is 32.6 Å². The highest BCUT2D eigenvalue weighted by Crippen LogP contribution is 2.22. The van der Waals surface area contributed by atoms with E-state index < -0.39 is 0 Å². The van der Waals surface area contributed by atoms with Crippen molar-refractivity contribution < 1.29 is 9.53 Å². The van der Waals surface area contributed by atoms with Gasteiger partial charge >= 0.3 is 0 Å². The lowest BCUT2D eigenvalue weighted by Crippen LogP contribution is -2.41. The third-order valence-electron chi connectivity index (χ3n) is 3.81. The van der Waals surface area contributed by atoms with Crippen LogP contribution in [0.3, 0.4) is 0 Å². The van der Waals surface area contributed by atoms with Gasteiger partial charge in [-0.2, -0.15) is 0 Å². The van der Waals surface area contributed by atoms with Gasteiger partial charge < -0.3 is 15.8 Å². The summed E-state index contributed by atoms with van der Waals surface area (Å²) in [5.41, 5.74) is 6.08. The fourth-order valence-electron chi connectivity index (χ4n) is 2.53. The van der Waals surface area contributed by atoms with Crippen molar-refractivity contribution in [3.8, 4) is 0 Å². The summed E-state index contributed by atoms with van der Waals surface area (Å²) in [7, 11) is 0. The molecule has 1 amide bonds. The van der Waals surface area contributed by atoms with Gasteiger partial charge in [0.2, 0.25) is 5.91 Å². The molecule has 1 rings (SSSR count). The number of nitrogens with one attached hydrogen (secondary N) is 1. The third-order valence-corrected chi connectivity index (χ3v) is 3.81. The minimum Gasteiger partial charge on any atom is -0.381 e. The van der Waals surface area contributed by atoms with Crippen LogP contribution in [0.25, 0.3) is 0 Å². The molecular formula is C15H30N2O2. The number of amides is 1. The molecule has 0 saturated heterocycles. The van der Waals surface area contributed by atoms with Gasteiger partial charge in [0.15, 0.2) is 0 Å². The van der Waals surface area contributed by atoms with Crippen LogP contribution < -0.4 is 11.1 Å². The standard InChI is InChI=1S/C15H30N2O2/c1-2-3-11-19-12-7-10-17-15(18)13-8-5-4-6-9-14(13)16/h13-14H,2-12,16H2,1H3,(H,17,18). The average molecular weight is 270 g/mol. The number of carbonyl (C=O) groups is 1. The van der Waals surface area contributed by atoms with E-state index in [-0.39, 0.29) is 17.9 Å². The van der Waals surface area contributed by atoms with Crippen LogP contribution in [-0.2, 0) is 9.53 Å². The van der Waals surface area contributed by atoms with Gasteiger partial charge in [-0.3, -0.25) is 4.79 Å². The van der Waals surface area contributed by atoms with Crippen LogP contribution in [0.2, 0.25) is 0 Å². The Morgan fingerprint density at radius 3 is 2.74 bits per heavy atom. The van der Waals surface area contributed by atoms with Crippen molar-refractivity contribution in [1.29, 1.82) is 0 Å². The van der Waals surface area contributed by atoms with Gasteiger partial charge in [-0.15, -0.1) is 0 Å². The lowest BCUT2D eigenvalue weighted by Gasteiger charge is -2.20. The van der Waals surface area contributed by atoms with Crippen LogP contribution in [0.5, 0.6) is 0 Å². The predicted molar refractivity (Wildman–Crippen MR) is 77.9 cm³/mol. The van der Waals surface area contributed by atoms with Crippen molar-refractivity contribution in [2.45, 2.75) is 64.3 Å². The summed E-state index contributed by atoms with van der Waals surface area (Å²) in [5.74, 6) is 0.159. The topological polar surface area (TPSA) is 64.3 Å². The van der Waals surface area contributed by atoms with Gasteiger partial charge in [0.1, 0.15) is 0 Å². The van der Waals surface area contributed by atoms with E-state index in [2.05, 4.69) is 12.2 Å². The van der Waals surface area contributed by atoms with Gasteiger partial charge in [0.05, 0.1) is 5.92 Å². The first kappa shape index (κ1) is 16.4. The molecule has 4 nitrogen and oxygen atoms in total. The maximum absolute atomic E-state index is 12.1. The molecule has 2 atom stereocenters. The summed E-state index contributed by atoms with van der Waals surface area (Å²) in [6.07, 6.45) is 8.60. The molecule has 0 aromatic heterocycles. The Hall–Kier alpha value is -0.610. The second-order valence-electron chi connectivity index (χ2n) is 5.52. The van der Waals surface area contributed by atoms with Gasteiger partial charge in [-0.05, 0) is 25.7 Å². The molecule has 0 aromatic rings. The summed E-state index contributed by atoms with van der Waals surface area (Å²) in [6.45, 7) is 4.42. The Labute approximate surface area is 117 Å². The van der Waals surface area contributed by atoms with Crippen molar-refractivity contribution in [2.75, 3.05) is 19.8 Å². The lowest BCUT2D eigenvalue weighted by atomic mass is 9.94. The fraction of sp³-hybridized carbons (Fsp3) is 0.933. The molecular weight excluding hydrogens is 240 g/mol. The van der Waals surface area contributed by atoms with E-state index in [1.54, 1.807) is 0 Å². The molecule has 0 radical (unpaired) electrons. The molecule has 0 aliphatic heterocycles. The van der Waals surface area contributed by atoms with E-state index in [4.69, 9.17) is 10.5 Å². The van der Waals surface area contributed by atoms with Crippen LogP contribution in [0.4, 0.5) is 0 Å². The fourth-order valence-corrected chi connectivity index (χ4v) is 2.53. The number of carbonyl (C=O) groups excluding carboxylic acids is 1. The van der Waals surface area contributed by atoms with Gasteiger partial charge in [0, 0.05) is 25.8 Å². The smallest absolute Gasteiger partial charge is 0.224 e. The van der Waals surface area contributed by atoms with Crippen LogP contribution in [0, 0.1) is 5.92 Å². The third kappa shape index (κ3) is 6.92. The SMILES string of the molecule is CCCCOCCCNC(=O)C1CCCCCC1N.